The second-order valence-electron chi connectivity index (χ2n) is 5.39. The summed E-state index contributed by atoms with van der Waals surface area (Å²) in [5, 5.41) is 3.50. The van der Waals surface area contributed by atoms with Crippen LogP contribution >= 0.6 is 0 Å². The first-order valence-corrected chi connectivity index (χ1v) is 7.20. The van der Waals surface area contributed by atoms with Gasteiger partial charge in [0.05, 0.1) is 13.2 Å². The molecule has 3 N–H and O–H groups in total. The topological polar surface area (TPSA) is 73.1 Å². The van der Waals surface area contributed by atoms with E-state index in [9.17, 15) is 0 Å². The van der Waals surface area contributed by atoms with Crippen molar-refractivity contribution in [2.75, 3.05) is 18.2 Å². The first-order valence-electron chi connectivity index (χ1n) is 7.20. The van der Waals surface area contributed by atoms with Crippen LogP contribution in [-0.2, 0) is 6.42 Å². The lowest BCUT2D eigenvalue weighted by molar-refractivity contribution is 0.395. The maximum Gasteiger partial charge on any atom is 0.218 e. The van der Waals surface area contributed by atoms with Gasteiger partial charge in [0.2, 0.25) is 5.88 Å². The zero-order valence-electron chi connectivity index (χ0n) is 12.4. The molecule has 0 saturated carbocycles. The molecule has 0 aliphatic heterocycles. The van der Waals surface area contributed by atoms with Gasteiger partial charge in [0.15, 0.2) is 0 Å². The SMILES string of the molecule is COc1cc(NC2CCCc3cc(N)ccc32)nc(C)n1. The Hall–Kier alpha value is -2.30. The maximum absolute atomic E-state index is 5.88. The monoisotopic (exact) mass is 284 g/mol. The number of nitrogens with one attached hydrogen (secondary N) is 1. The van der Waals surface area contributed by atoms with E-state index in [1.54, 1.807) is 7.11 Å². The lowest BCUT2D eigenvalue weighted by Crippen LogP contribution is -2.18. The van der Waals surface area contributed by atoms with E-state index in [1.807, 2.05) is 19.1 Å². The summed E-state index contributed by atoms with van der Waals surface area (Å²) >= 11 is 0. The van der Waals surface area contributed by atoms with Crippen molar-refractivity contribution in [2.45, 2.75) is 32.2 Å². The Kier molecular flexibility index (Phi) is 3.64. The van der Waals surface area contributed by atoms with Crippen LogP contribution in [0.15, 0.2) is 24.3 Å². The molecule has 1 aromatic carbocycles. The number of hydrogen-bond acceptors (Lipinski definition) is 5. The molecular formula is C16H20N4O. The zero-order valence-corrected chi connectivity index (χ0v) is 12.4. The third-order valence-electron chi connectivity index (χ3n) is 3.83. The van der Waals surface area contributed by atoms with Crippen LogP contribution in [0, 0.1) is 6.92 Å². The number of rotatable bonds is 3. The number of benzene rings is 1. The quantitative estimate of drug-likeness (QED) is 0.848. The number of aryl methyl sites for hydroxylation is 2. The van der Waals surface area contributed by atoms with E-state index in [0.29, 0.717) is 11.7 Å². The summed E-state index contributed by atoms with van der Waals surface area (Å²) in [6, 6.07) is 8.25. The van der Waals surface area contributed by atoms with Gasteiger partial charge in [0, 0.05) is 11.8 Å². The van der Waals surface area contributed by atoms with Gasteiger partial charge in [-0.15, -0.1) is 0 Å². The lowest BCUT2D eigenvalue weighted by Gasteiger charge is -2.27. The summed E-state index contributed by atoms with van der Waals surface area (Å²) < 4.78 is 5.20. The molecule has 0 spiro atoms. The summed E-state index contributed by atoms with van der Waals surface area (Å²) in [6.45, 7) is 1.86. The van der Waals surface area contributed by atoms with E-state index >= 15 is 0 Å². The van der Waals surface area contributed by atoms with Gasteiger partial charge < -0.3 is 15.8 Å². The fraction of sp³-hybridized carbons (Fsp3) is 0.375. The van der Waals surface area contributed by atoms with Crippen molar-refractivity contribution in [1.82, 2.24) is 9.97 Å². The number of nitrogen functional groups attached to an aromatic ring is 1. The van der Waals surface area contributed by atoms with Crippen LogP contribution in [0.1, 0.15) is 35.8 Å². The van der Waals surface area contributed by atoms with Gasteiger partial charge in [-0.05, 0) is 49.4 Å². The first kappa shape index (κ1) is 13.7. The van der Waals surface area contributed by atoms with Gasteiger partial charge in [0.1, 0.15) is 11.6 Å². The Morgan fingerprint density at radius 2 is 2.14 bits per heavy atom. The minimum atomic E-state index is 0.258. The smallest absolute Gasteiger partial charge is 0.218 e. The second-order valence-corrected chi connectivity index (χ2v) is 5.39. The minimum Gasteiger partial charge on any atom is -0.481 e. The Morgan fingerprint density at radius 1 is 1.29 bits per heavy atom. The van der Waals surface area contributed by atoms with Gasteiger partial charge in [-0.1, -0.05) is 6.07 Å². The average Bonchev–Trinajstić information content (AvgIpc) is 2.46. The highest BCUT2D eigenvalue weighted by Gasteiger charge is 2.20. The van der Waals surface area contributed by atoms with E-state index in [-0.39, 0.29) is 6.04 Å². The highest BCUT2D eigenvalue weighted by molar-refractivity contribution is 5.49. The molecule has 0 fully saturated rings. The van der Waals surface area contributed by atoms with Crippen molar-refractivity contribution in [3.8, 4) is 5.88 Å². The number of anilines is 2. The van der Waals surface area contributed by atoms with Crippen LogP contribution < -0.4 is 15.8 Å². The molecular weight excluding hydrogens is 264 g/mol. The molecule has 1 unspecified atom stereocenters. The van der Waals surface area contributed by atoms with Crippen LogP contribution in [0.25, 0.3) is 0 Å². The molecule has 2 aromatic rings. The van der Waals surface area contributed by atoms with Gasteiger partial charge in [0.25, 0.3) is 0 Å². The number of fused-ring (bicyclic) bond motifs is 1. The maximum atomic E-state index is 5.88. The number of nitrogens with zero attached hydrogens (tertiary/aromatic N) is 2. The second kappa shape index (κ2) is 5.60. The summed E-state index contributed by atoms with van der Waals surface area (Å²) in [6.07, 6.45) is 3.32. The van der Waals surface area contributed by atoms with Gasteiger partial charge >= 0.3 is 0 Å². The number of nitrogens with two attached hydrogens (primary N) is 1. The third kappa shape index (κ3) is 2.91. The van der Waals surface area contributed by atoms with Crippen LogP contribution in [0.2, 0.25) is 0 Å². The van der Waals surface area contributed by atoms with E-state index in [0.717, 1.165) is 30.8 Å². The predicted octanol–water partition coefficient (Wildman–Crippen LogP) is 2.87. The molecule has 1 aromatic heterocycles. The zero-order chi connectivity index (χ0) is 14.8. The predicted molar refractivity (Wildman–Crippen MR) is 83.5 cm³/mol. The Labute approximate surface area is 124 Å². The van der Waals surface area contributed by atoms with Crippen molar-refractivity contribution < 1.29 is 4.74 Å². The summed E-state index contributed by atoms with van der Waals surface area (Å²) in [7, 11) is 1.62. The number of hydrogen-bond donors (Lipinski definition) is 2. The van der Waals surface area contributed by atoms with Crippen molar-refractivity contribution >= 4 is 11.5 Å². The highest BCUT2D eigenvalue weighted by atomic mass is 16.5. The summed E-state index contributed by atoms with van der Waals surface area (Å²) in [4.78, 5) is 8.65. The van der Waals surface area contributed by atoms with Gasteiger partial charge in [-0.25, -0.2) is 4.98 Å². The standard InChI is InChI=1S/C16H20N4O/c1-10-18-15(9-16(19-10)21-2)20-14-5-3-4-11-8-12(17)6-7-13(11)14/h6-9,14H,3-5,17H2,1-2H3,(H,18,19,20). The molecule has 21 heavy (non-hydrogen) atoms. The van der Waals surface area contributed by atoms with Crippen LogP contribution in [0.4, 0.5) is 11.5 Å². The molecule has 3 rings (SSSR count). The number of aromatic nitrogens is 2. The van der Waals surface area contributed by atoms with E-state index in [1.165, 1.54) is 11.1 Å². The minimum absolute atomic E-state index is 0.258. The third-order valence-corrected chi connectivity index (χ3v) is 3.83. The van der Waals surface area contributed by atoms with E-state index in [4.69, 9.17) is 10.5 Å². The van der Waals surface area contributed by atoms with Gasteiger partial charge in [-0.3, -0.25) is 0 Å². The summed E-state index contributed by atoms with van der Waals surface area (Å²) in [5.41, 5.74) is 9.35. The molecule has 0 amide bonds. The van der Waals surface area contributed by atoms with Crippen molar-refractivity contribution in [2.24, 2.45) is 0 Å². The molecule has 1 heterocycles. The fourth-order valence-corrected chi connectivity index (χ4v) is 2.88. The molecule has 1 aliphatic rings. The van der Waals surface area contributed by atoms with Crippen molar-refractivity contribution in [1.29, 1.82) is 0 Å². The van der Waals surface area contributed by atoms with Crippen molar-refractivity contribution in [3.05, 3.63) is 41.2 Å². The molecule has 1 atom stereocenters. The molecule has 110 valence electrons. The van der Waals surface area contributed by atoms with E-state index in [2.05, 4.69) is 27.4 Å². The molecule has 0 bridgehead atoms. The van der Waals surface area contributed by atoms with Crippen LogP contribution in [0.3, 0.4) is 0 Å². The molecule has 0 radical (unpaired) electrons. The fourth-order valence-electron chi connectivity index (χ4n) is 2.88. The number of ether oxygens (including phenoxy) is 1. The van der Waals surface area contributed by atoms with Gasteiger partial charge in [-0.2, -0.15) is 4.98 Å². The Balaban J connectivity index is 1.88. The normalized spacial score (nSPS) is 17.1. The van der Waals surface area contributed by atoms with Crippen molar-refractivity contribution in [3.63, 3.8) is 0 Å². The molecule has 0 saturated heterocycles. The largest absolute Gasteiger partial charge is 0.481 e. The highest BCUT2D eigenvalue weighted by Crippen LogP contribution is 2.33. The Morgan fingerprint density at radius 3 is 2.95 bits per heavy atom. The molecule has 5 heteroatoms. The molecule has 1 aliphatic carbocycles. The first-order chi connectivity index (χ1) is 10.2. The lowest BCUT2D eigenvalue weighted by atomic mass is 9.87. The molecule has 5 nitrogen and oxygen atoms in total. The Bertz CT molecular complexity index is 657. The summed E-state index contributed by atoms with van der Waals surface area (Å²) in [5.74, 6) is 2.08. The number of methoxy groups -OCH3 is 1. The van der Waals surface area contributed by atoms with Crippen LogP contribution in [-0.4, -0.2) is 17.1 Å². The van der Waals surface area contributed by atoms with E-state index < -0.39 is 0 Å². The average molecular weight is 284 g/mol. The van der Waals surface area contributed by atoms with Crippen LogP contribution in [0.5, 0.6) is 5.88 Å².